The van der Waals surface area contributed by atoms with Gasteiger partial charge in [0.15, 0.2) is 5.54 Å². The Morgan fingerprint density at radius 1 is 1.14 bits per heavy atom. The normalized spacial score (nSPS) is 19.4. The van der Waals surface area contributed by atoms with Gasteiger partial charge in [-0.25, -0.2) is 0 Å². The monoisotopic (exact) mass is 288 g/mol. The molecule has 0 saturated heterocycles. The Labute approximate surface area is 130 Å². The van der Waals surface area contributed by atoms with Crippen molar-refractivity contribution in [1.29, 1.82) is 5.26 Å². The summed E-state index contributed by atoms with van der Waals surface area (Å²) in [4.78, 5) is 14.4. The summed E-state index contributed by atoms with van der Waals surface area (Å²) < 4.78 is 0. The summed E-state index contributed by atoms with van der Waals surface area (Å²) in [5.41, 5.74) is 1.49. The summed E-state index contributed by atoms with van der Waals surface area (Å²) in [5, 5.41) is 9.88. The first-order chi connectivity index (χ1) is 10.7. The van der Waals surface area contributed by atoms with Gasteiger partial charge in [0, 0.05) is 11.8 Å². The minimum atomic E-state index is -0.960. The van der Waals surface area contributed by atoms with Gasteiger partial charge in [-0.15, -0.1) is 0 Å². The van der Waals surface area contributed by atoms with Crippen molar-refractivity contribution in [3.05, 3.63) is 77.5 Å². The van der Waals surface area contributed by atoms with Crippen LogP contribution < -0.4 is 0 Å². The molecular weight excluding hydrogens is 272 g/mol. The van der Waals surface area contributed by atoms with Crippen molar-refractivity contribution >= 4 is 12.0 Å². The van der Waals surface area contributed by atoms with Crippen LogP contribution in [-0.2, 0) is 5.54 Å². The molecule has 3 rings (SSSR count). The summed E-state index contributed by atoms with van der Waals surface area (Å²) in [6.07, 6.45) is 4.15. The number of carbonyl (C=O) groups is 1. The quantitative estimate of drug-likeness (QED) is 0.840. The molecule has 0 aliphatic carbocycles. The second-order valence-electron chi connectivity index (χ2n) is 5.27. The van der Waals surface area contributed by atoms with E-state index in [1.807, 2.05) is 55.5 Å². The molecule has 0 aromatic heterocycles. The van der Waals surface area contributed by atoms with Crippen LogP contribution in [0.15, 0.2) is 60.8 Å². The number of nitrogens with zero attached hydrogens (tertiary/aromatic N) is 2. The van der Waals surface area contributed by atoms with Gasteiger partial charge in [-0.3, -0.25) is 9.69 Å². The minimum absolute atomic E-state index is 0.158. The minimum Gasteiger partial charge on any atom is -0.292 e. The van der Waals surface area contributed by atoms with Gasteiger partial charge in [0.05, 0.1) is 6.07 Å². The largest absolute Gasteiger partial charge is 0.292 e. The predicted molar refractivity (Wildman–Crippen MR) is 85.7 cm³/mol. The number of carbonyl (C=O) groups excluding carboxylic acids is 1. The number of nitriles is 1. The highest BCUT2D eigenvalue weighted by Gasteiger charge is 2.42. The van der Waals surface area contributed by atoms with E-state index in [4.69, 9.17) is 0 Å². The van der Waals surface area contributed by atoms with E-state index in [0.29, 0.717) is 12.0 Å². The first kappa shape index (κ1) is 14.1. The Kier molecular flexibility index (Phi) is 3.52. The van der Waals surface area contributed by atoms with E-state index < -0.39 is 5.54 Å². The highest BCUT2D eigenvalue weighted by atomic mass is 16.2. The zero-order valence-electron chi connectivity index (χ0n) is 12.4. The van der Waals surface area contributed by atoms with Crippen LogP contribution in [0.1, 0.15) is 34.8 Å². The second kappa shape index (κ2) is 5.50. The van der Waals surface area contributed by atoms with Crippen molar-refractivity contribution in [2.75, 3.05) is 0 Å². The van der Waals surface area contributed by atoms with E-state index in [9.17, 15) is 10.1 Å². The average molecular weight is 288 g/mol. The van der Waals surface area contributed by atoms with Crippen molar-refractivity contribution in [3.8, 4) is 6.07 Å². The van der Waals surface area contributed by atoms with Crippen molar-refractivity contribution in [3.63, 3.8) is 0 Å². The van der Waals surface area contributed by atoms with E-state index in [0.717, 1.165) is 11.1 Å². The Hall–Kier alpha value is -2.86. The molecule has 22 heavy (non-hydrogen) atoms. The molecular formula is C19H16N2O. The summed E-state index contributed by atoms with van der Waals surface area (Å²) in [6.45, 7) is 1.93. The van der Waals surface area contributed by atoms with E-state index in [-0.39, 0.29) is 5.91 Å². The second-order valence-corrected chi connectivity index (χ2v) is 5.27. The lowest BCUT2D eigenvalue weighted by Gasteiger charge is -2.39. The molecule has 1 amide bonds. The smallest absolute Gasteiger partial charge is 0.259 e. The number of rotatable bonds is 2. The van der Waals surface area contributed by atoms with Crippen LogP contribution >= 0.6 is 0 Å². The SMILES string of the molecule is CC[C@]1(C#N)c2ccccc2C=CN1C(=O)c1ccccc1. The molecule has 0 N–H and O–H groups in total. The van der Waals surface area contributed by atoms with Gasteiger partial charge >= 0.3 is 0 Å². The van der Waals surface area contributed by atoms with Crippen LogP contribution in [0.2, 0.25) is 0 Å². The van der Waals surface area contributed by atoms with Crippen molar-refractivity contribution < 1.29 is 4.79 Å². The number of amides is 1. The van der Waals surface area contributed by atoms with Crippen molar-refractivity contribution in [2.45, 2.75) is 18.9 Å². The molecule has 0 unspecified atom stereocenters. The van der Waals surface area contributed by atoms with Crippen molar-refractivity contribution in [2.24, 2.45) is 0 Å². The molecule has 3 heteroatoms. The Morgan fingerprint density at radius 3 is 2.50 bits per heavy atom. The fourth-order valence-electron chi connectivity index (χ4n) is 2.95. The predicted octanol–water partition coefficient (Wildman–Crippen LogP) is 3.94. The van der Waals surface area contributed by atoms with E-state index in [1.165, 1.54) is 0 Å². The number of hydrogen-bond acceptors (Lipinski definition) is 2. The van der Waals surface area contributed by atoms with Gasteiger partial charge in [-0.1, -0.05) is 49.4 Å². The molecule has 1 heterocycles. The maximum atomic E-state index is 12.9. The van der Waals surface area contributed by atoms with Gasteiger partial charge in [0.2, 0.25) is 0 Å². The lowest BCUT2D eigenvalue weighted by Crippen LogP contribution is -2.47. The van der Waals surface area contributed by atoms with Gasteiger partial charge in [0.25, 0.3) is 5.91 Å². The Bertz CT molecular complexity index is 774. The van der Waals surface area contributed by atoms with Crippen LogP contribution in [0.4, 0.5) is 0 Å². The zero-order chi connectivity index (χ0) is 15.6. The lowest BCUT2D eigenvalue weighted by molar-refractivity contribution is 0.0692. The molecule has 108 valence electrons. The molecule has 0 radical (unpaired) electrons. The molecule has 0 bridgehead atoms. The summed E-state index contributed by atoms with van der Waals surface area (Å²) in [5.74, 6) is -0.158. The zero-order valence-corrected chi connectivity index (χ0v) is 12.4. The Balaban J connectivity index is 2.13. The lowest BCUT2D eigenvalue weighted by atomic mass is 9.81. The van der Waals surface area contributed by atoms with E-state index >= 15 is 0 Å². The van der Waals surface area contributed by atoms with Crippen LogP contribution in [0.5, 0.6) is 0 Å². The molecule has 1 aliphatic heterocycles. The number of fused-ring (bicyclic) bond motifs is 1. The fourth-order valence-corrected chi connectivity index (χ4v) is 2.95. The summed E-state index contributed by atoms with van der Waals surface area (Å²) >= 11 is 0. The van der Waals surface area contributed by atoms with Gasteiger partial charge < -0.3 is 0 Å². The maximum absolute atomic E-state index is 12.9. The van der Waals surface area contributed by atoms with Crippen LogP contribution in [0.25, 0.3) is 6.08 Å². The molecule has 3 nitrogen and oxygen atoms in total. The molecule has 0 saturated carbocycles. The third kappa shape index (κ3) is 2.01. The topological polar surface area (TPSA) is 44.1 Å². The number of hydrogen-bond donors (Lipinski definition) is 0. The first-order valence-electron chi connectivity index (χ1n) is 7.30. The van der Waals surface area contributed by atoms with Gasteiger partial charge in [-0.05, 0) is 35.8 Å². The van der Waals surface area contributed by atoms with E-state index in [1.54, 1.807) is 23.2 Å². The van der Waals surface area contributed by atoms with E-state index in [2.05, 4.69) is 6.07 Å². The standard InChI is InChI=1S/C19H16N2O/c1-2-19(14-20)17-11-7-6-8-15(17)12-13-21(19)18(22)16-9-4-3-5-10-16/h3-13H,2H2,1H3/t19-/m0/s1. The number of benzene rings is 2. The summed E-state index contributed by atoms with van der Waals surface area (Å²) in [6, 6.07) is 19.2. The molecule has 2 aromatic rings. The molecule has 0 spiro atoms. The summed E-state index contributed by atoms with van der Waals surface area (Å²) in [7, 11) is 0. The third-order valence-corrected chi connectivity index (χ3v) is 4.16. The molecule has 0 fully saturated rings. The van der Waals surface area contributed by atoms with Crippen LogP contribution in [0.3, 0.4) is 0 Å². The van der Waals surface area contributed by atoms with Gasteiger partial charge in [0.1, 0.15) is 0 Å². The highest BCUT2D eigenvalue weighted by Crippen LogP contribution is 2.39. The van der Waals surface area contributed by atoms with Crippen LogP contribution in [0, 0.1) is 11.3 Å². The average Bonchev–Trinajstić information content (AvgIpc) is 2.61. The van der Waals surface area contributed by atoms with Crippen LogP contribution in [-0.4, -0.2) is 10.8 Å². The molecule has 1 atom stereocenters. The third-order valence-electron chi connectivity index (χ3n) is 4.16. The van der Waals surface area contributed by atoms with Crippen molar-refractivity contribution in [1.82, 2.24) is 4.90 Å². The molecule has 2 aromatic carbocycles. The maximum Gasteiger partial charge on any atom is 0.259 e. The highest BCUT2D eigenvalue weighted by molar-refractivity contribution is 5.96. The fraction of sp³-hybridized carbons (Fsp3) is 0.158. The first-order valence-corrected chi connectivity index (χ1v) is 7.30. The van der Waals surface area contributed by atoms with Gasteiger partial charge in [-0.2, -0.15) is 5.26 Å². The molecule has 1 aliphatic rings. The Morgan fingerprint density at radius 2 is 1.82 bits per heavy atom.